The van der Waals surface area contributed by atoms with Gasteiger partial charge in [0.15, 0.2) is 0 Å². The molecule has 0 spiro atoms. The van der Waals surface area contributed by atoms with Crippen LogP contribution in [0.25, 0.3) is 0 Å². The van der Waals surface area contributed by atoms with Crippen molar-refractivity contribution in [3.05, 3.63) is 35.9 Å². The Morgan fingerprint density at radius 1 is 1.20 bits per heavy atom. The van der Waals surface area contributed by atoms with Crippen LogP contribution in [0.15, 0.2) is 30.3 Å². The average molecular weight is 240 g/mol. The summed E-state index contributed by atoms with van der Waals surface area (Å²) >= 11 is 0. The van der Waals surface area contributed by atoms with Crippen LogP contribution in [0.5, 0.6) is 0 Å². The summed E-state index contributed by atoms with van der Waals surface area (Å²) in [7, 11) is 5.67. The molecule has 0 aromatic heterocycles. The van der Waals surface area contributed by atoms with E-state index in [0.717, 1.165) is 0 Å². The second-order valence-corrected chi connectivity index (χ2v) is 7.27. The Morgan fingerprint density at radius 2 is 1.87 bits per heavy atom. The van der Waals surface area contributed by atoms with E-state index in [9.17, 15) is 0 Å². The van der Waals surface area contributed by atoms with Crippen molar-refractivity contribution in [2.75, 3.05) is 7.11 Å². The van der Waals surface area contributed by atoms with Crippen LogP contribution in [-0.2, 0) is 4.74 Å². The first kappa shape index (κ1) is 11.4. The fourth-order valence-electron chi connectivity index (χ4n) is 1.92. The Balaban J connectivity index is 2.25. The molecule has 0 aliphatic carbocycles. The second kappa shape index (κ2) is 4.40. The molecule has 1 saturated heterocycles. The molecule has 1 aliphatic heterocycles. The molecule has 2 rings (SSSR count). The quantitative estimate of drug-likeness (QED) is 0.725. The van der Waals surface area contributed by atoms with Crippen molar-refractivity contribution >= 4 is 21.6 Å². The first-order valence-corrected chi connectivity index (χ1v) is 7.28. The van der Waals surface area contributed by atoms with E-state index in [1.165, 1.54) is 5.56 Å². The minimum atomic E-state index is 0.194. The van der Waals surface area contributed by atoms with Gasteiger partial charge in [-0.2, -0.15) is 0 Å². The van der Waals surface area contributed by atoms with Crippen LogP contribution in [0.2, 0.25) is 0 Å². The first-order valence-electron chi connectivity index (χ1n) is 5.07. The Kier molecular flexibility index (Phi) is 3.33. The zero-order valence-electron chi connectivity index (χ0n) is 9.27. The summed E-state index contributed by atoms with van der Waals surface area (Å²) in [6.45, 7) is 4.50. The highest BCUT2D eigenvalue weighted by Crippen LogP contribution is 2.58. The lowest BCUT2D eigenvalue weighted by Crippen LogP contribution is -2.33. The van der Waals surface area contributed by atoms with Crippen LogP contribution in [0.3, 0.4) is 0 Å². The Bertz CT molecular complexity index is 324. The van der Waals surface area contributed by atoms with Gasteiger partial charge in [-0.05, 0) is 19.4 Å². The molecule has 2 atom stereocenters. The number of methoxy groups -OCH3 is 1. The molecule has 1 aromatic rings. The molecule has 0 radical (unpaired) electrons. The van der Waals surface area contributed by atoms with Gasteiger partial charge in [0.05, 0.1) is 11.4 Å². The summed E-state index contributed by atoms with van der Waals surface area (Å²) in [4.78, 5) is 0. The van der Waals surface area contributed by atoms with Crippen molar-refractivity contribution in [2.45, 2.75) is 29.9 Å². The predicted octanol–water partition coefficient (Wildman–Crippen LogP) is 3.92. The molecule has 1 fully saturated rings. The van der Waals surface area contributed by atoms with Crippen LogP contribution in [-0.4, -0.2) is 18.0 Å². The molecule has 0 N–H and O–H groups in total. The van der Waals surface area contributed by atoms with Gasteiger partial charge >= 0.3 is 0 Å². The maximum atomic E-state index is 5.65. The third kappa shape index (κ3) is 2.19. The van der Waals surface area contributed by atoms with Crippen molar-refractivity contribution in [3.63, 3.8) is 0 Å². The Labute approximate surface area is 99.4 Å². The van der Waals surface area contributed by atoms with E-state index in [1.54, 1.807) is 0 Å². The molecule has 82 valence electrons. The van der Waals surface area contributed by atoms with E-state index in [2.05, 4.69) is 44.2 Å². The number of benzene rings is 1. The average Bonchev–Trinajstić information content (AvgIpc) is 2.54. The van der Waals surface area contributed by atoms with Crippen LogP contribution in [0.4, 0.5) is 0 Å². The summed E-state index contributed by atoms with van der Waals surface area (Å²) in [5.74, 6) is 0. The number of hydrogen-bond acceptors (Lipinski definition) is 3. The van der Waals surface area contributed by atoms with Crippen LogP contribution in [0, 0.1) is 0 Å². The van der Waals surface area contributed by atoms with E-state index in [4.69, 9.17) is 4.74 Å². The third-order valence-corrected chi connectivity index (χ3v) is 6.39. The molecule has 0 amide bonds. The smallest absolute Gasteiger partial charge is 0.0888 e. The number of hydrogen-bond donors (Lipinski definition) is 0. The molecule has 15 heavy (non-hydrogen) atoms. The molecule has 0 saturated carbocycles. The third-order valence-electron chi connectivity index (χ3n) is 2.71. The van der Waals surface area contributed by atoms with Gasteiger partial charge in [-0.3, -0.25) is 0 Å². The Morgan fingerprint density at radius 3 is 2.47 bits per heavy atom. The van der Waals surface area contributed by atoms with E-state index in [-0.39, 0.29) is 10.9 Å². The lowest BCUT2D eigenvalue weighted by atomic mass is 9.97. The van der Waals surface area contributed by atoms with Crippen molar-refractivity contribution in [1.82, 2.24) is 0 Å². The van der Waals surface area contributed by atoms with Crippen molar-refractivity contribution in [1.29, 1.82) is 0 Å². The zero-order valence-corrected chi connectivity index (χ0v) is 10.9. The second-order valence-electron chi connectivity index (χ2n) is 4.27. The summed E-state index contributed by atoms with van der Waals surface area (Å²) in [6, 6.07) is 10.6. The fourth-order valence-corrected chi connectivity index (χ4v) is 5.48. The van der Waals surface area contributed by atoms with Crippen molar-refractivity contribution in [3.8, 4) is 0 Å². The summed E-state index contributed by atoms with van der Waals surface area (Å²) < 4.78 is 5.85. The van der Waals surface area contributed by atoms with Crippen molar-refractivity contribution < 1.29 is 4.74 Å². The van der Waals surface area contributed by atoms with Gasteiger partial charge in [0.25, 0.3) is 0 Å². The van der Waals surface area contributed by atoms with E-state index < -0.39 is 0 Å². The van der Waals surface area contributed by atoms with E-state index >= 15 is 0 Å². The normalized spacial score (nSPS) is 29.3. The maximum Gasteiger partial charge on any atom is 0.0888 e. The highest BCUT2D eigenvalue weighted by molar-refractivity contribution is 8.77. The molecule has 1 nitrogen and oxygen atoms in total. The molecular formula is C12H16OS2. The molecular weight excluding hydrogens is 224 g/mol. The minimum Gasteiger partial charge on any atom is -0.378 e. The molecule has 0 bridgehead atoms. The minimum absolute atomic E-state index is 0.194. The number of rotatable bonds is 2. The van der Waals surface area contributed by atoms with Crippen LogP contribution in [0.1, 0.15) is 24.7 Å². The zero-order chi connectivity index (χ0) is 10.9. The molecule has 3 heteroatoms. The topological polar surface area (TPSA) is 9.23 Å². The molecule has 2 unspecified atom stereocenters. The highest BCUT2D eigenvalue weighted by Gasteiger charge is 2.44. The lowest BCUT2D eigenvalue weighted by molar-refractivity contribution is 0.0792. The van der Waals surface area contributed by atoms with Gasteiger partial charge in [-0.1, -0.05) is 51.9 Å². The van der Waals surface area contributed by atoms with Crippen molar-refractivity contribution in [2.24, 2.45) is 0 Å². The monoisotopic (exact) mass is 240 g/mol. The molecule has 1 aliphatic rings. The van der Waals surface area contributed by atoms with E-state index in [0.29, 0.717) is 5.25 Å². The fraction of sp³-hybridized carbons (Fsp3) is 0.500. The van der Waals surface area contributed by atoms with E-state index in [1.807, 2.05) is 28.7 Å². The van der Waals surface area contributed by atoms with Gasteiger partial charge in [0.2, 0.25) is 0 Å². The van der Waals surface area contributed by atoms with Gasteiger partial charge in [-0.15, -0.1) is 0 Å². The first-order chi connectivity index (χ1) is 7.15. The van der Waals surface area contributed by atoms with Crippen LogP contribution >= 0.6 is 21.6 Å². The predicted molar refractivity (Wildman–Crippen MR) is 69.2 cm³/mol. The molecule has 1 heterocycles. The Hall–Kier alpha value is -0.120. The number of ether oxygens (including phenoxy) is 1. The summed E-state index contributed by atoms with van der Waals surface area (Å²) in [6.07, 6.45) is 0.287. The summed E-state index contributed by atoms with van der Waals surface area (Å²) in [5, 5.41) is 0.455. The van der Waals surface area contributed by atoms with Gasteiger partial charge in [0.1, 0.15) is 0 Å². The van der Waals surface area contributed by atoms with Gasteiger partial charge in [0, 0.05) is 11.9 Å². The highest BCUT2D eigenvalue weighted by atomic mass is 33.1. The largest absolute Gasteiger partial charge is 0.378 e. The SMILES string of the molecule is COC1C(c2ccccc2)SSC1(C)C. The maximum absolute atomic E-state index is 5.65. The van der Waals surface area contributed by atoms with Crippen LogP contribution < -0.4 is 0 Å². The standard InChI is InChI=1S/C12H16OS2/c1-12(2)11(13-3)10(14-15-12)9-7-5-4-6-8-9/h4-8,10-11H,1-3H3. The summed E-state index contributed by atoms with van der Waals surface area (Å²) in [5.41, 5.74) is 1.37. The van der Waals surface area contributed by atoms with Gasteiger partial charge in [-0.25, -0.2) is 0 Å². The lowest BCUT2D eigenvalue weighted by Gasteiger charge is -2.26. The molecule has 1 aromatic carbocycles. The van der Waals surface area contributed by atoms with Gasteiger partial charge < -0.3 is 4.74 Å².